The van der Waals surface area contributed by atoms with Crippen LogP contribution < -0.4 is 10.6 Å². The fraction of sp³-hybridized carbons (Fsp3) is 0.350. The van der Waals surface area contributed by atoms with Crippen molar-refractivity contribution in [3.63, 3.8) is 0 Å². The number of anilines is 1. The number of aromatic nitrogens is 3. The number of hydrogen-bond acceptors (Lipinski definition) is 6. The van der Waals surface area contributed by atoms with Crippen molar-refractivity contribution in [1.29, 1.82) is 0 Å². The summed E-state index contributed by atoms with van der Waals surface area (Å²) in [7, 11) is -3.99. The number of amides is 1. The average molecular weight is 508 g/mol. The van der Waals surface area contributed by atoms with E-state index in [1.807, 2.05) is 25.1 Å². The molecule has 9 nitrogen and oxygen atoms in total. The van der Waals surface area contributed by atoms with Gasteiger partial charge in [0.25, 0.3) is 16.0 Å². The van der Waals surface area contributed by atoms with Gasteiger partial charge >= 0.3 is 0 Å². The van der Waals surface area contributed by atoms with Crippen LogP contribution in [-0.2, 0) is 10.1 Å². The van der Waals surface area contributed by atoms with Gasteiger partial charge in [-0.05, 0) is 65.9 Å². The van der Waals surface area contributed by atoms with Gasteiger partial charge in [0.1, 0.15) is 4.60 Å². The third-order valence-corrected chi connectivity index (χ3v) is 6.20. The molecule has 3 aromatic rings. The molecular weight excluding hydrogens is 486 g/mol. The van der Waals surface area contributed by atoms with Crippen LogP contribution in [0.4, 0.5) is 5.69 Å². The first-order valence-corrected chi connectivity index (χ1v) is 12.3. The molecule has 1 aliphatic rings. The molecule has 4 rings (SSSR count). The van der Waals surface area contributed by atoms with Crippen molar-refractivity contribution >= 4 is 43.3 Å². The van der Waals surface area contributed by atoms with E-state index in [4.69, 9.17) is 4.55 Å². The van der Waals surface area contributed by atoms with Gasteiger partial charge in [0.2, 0.25) is 0 Å². The van der Waals surface area contributed by atoms with Crippen LogP contribution in [0.25, 0.3) is 16.9 Å². The van der Waals surface area contributed by atoms with E-state index >= 15 is 0 Å². The van der Waals surface area contributed by atoms with Gasteiger partial charge in [0, 0.05) is 23.7 Å². The molecule has 0 spiro atoms. The molecule has 0 saturated heterocycles. The summed E-state index contributed by atoms with van der Waals surface area (Å²) in [4.78, 5) is 16.9. The lowest BCUT2D eigenvalue weighted by molar-refractivity contribution is 0.0950. The van der Waals surface area contributed by atoms with Crippen molar-refractivity contribution in [2.45, 2.75) is 32.2 Å². The van der Waals surface area contributed by atoms with Gasteiger partial charge in [-0.3, -0.25) is 9.35 Å². The molecule has 164 valence electrons. The number of imidazole rings is 1. The number of nitrogens with zero attached hydrogens (tertiary/aromatic N) is 3. The summed E-state index contributed by atoms with van der Waals surface area (Å²) in [6.07, 6.45) is 4.04. The summed E-state index contributed by atoms with van der Waals surface area (Å²) in [6, 6.07) is 7.69. The Morgan fingerprint density at radius 1 is 1.32 bits per heavy atom. The molecule has 2 heterocycles. The van der Waals surface area contributed by atoms with E-state index in [1.54, 1.807) is 16.8 Å². The molecule has 0 atom stereocenters. The number of rotatable bonds is 8. The predicted octanol–water partition coefficient (Wildman–Crippen LogP) is 3.05. The minimum Gasteiger partial charge on any atom is -0.382 e. The Hall–Kier alpha value is -2.50. The van der Waals surface area contributed by atoms with Crippen molar-refractivity contribution in [1.82, 2.24) is 19.9 Å². The zero-order chi connectivity index (χ0) is 22.2. The largest absolute Gasteiger partial charge is 0.382 e. The Labute approximate surface area is 188 Å². The van der Waals surface area contributed by atoms with E-state index in [0.29, 0.717) is 34.1 Å². The highest BCUT2D eigenvalue weighted by Gasteiger charge is 2.24. The molecule has 1 saturated carbocycles. The summed E-state index contributed by atoms with van der Waals surface area (Å²) in [5.41, 5.74) is 4.41. The fourth-order valence-electron chi connectivity index (χ4n) is 3.31. The number of carbonyl (C=O) groups excluding carboxylic acids is 1. The van der Waals surface area contributed by atoms with Crippen molar-refractivity contribution < 1.29 is 17.8 Å². The predicted molar refractivity (Wildman–Crippen MR) is 121 cm³/mol. The standard InChI is InChI=1S/C20H22BrN5O4S/c1-12-9-13(3-6-15(12)20(27)24-14-4-5-14)17-11-23-19-16(10-18(21)25-26(17)19)22-7-2-8-31(28,29)30/h3,6,9-11,14,22H,2,4-5,7-8H2,1H3,(H,24,27)(H,28,29,30). The maximum absolute atomic E-state index is 12.4. The van der Waals surface area contributed by atoms with E-state index in [2.05, 4.69) is 36.6 Å². The normalized spacial score (nSPS) is 14.0. The summed E-state index contributed by atoms with van der Waals surface area (Å²) < 4.78 is 32.9. The van der Waals surface area contributed by atoms with Crippen LogP contribution >= 0.6 is 15.9 Å². The van der Waals surface area contributed by atoms with Gasteiger partial charge in [-0.15, -0.1) is 0 Å². The lowest BCUT2D eigenvalue weighted by atomic mass is 10.0. The highest BCUT2D eigenvalue weighted by molar-refractivity contribution is 9.10. The highest BCUT2D eigenvalue weighted by Crippen LogP contribution is 2.28. The van der Waals surface area contributed by atoms with E-state index in [1.165, 1.54) is 0 Å². The Bertz CT molecular complexity index is 1250. The van der Waals surface area contributed by atoms with Gasteiger partial charge in [-0.1, -0.05) is 6.07 Å². The second kappa shape index (κ2) is 8.56. The second-order valence-corrected chi connectivity index (χ2v) is 9.99. The second-order valence-electron chi connectivity index (χ2n) is 7.60. The van der Waals surface area contributed by atoms with Crippen molar-refractivity contribution in [2.24, 2.45) is 0 Å². The molecule has 3 N–H and O–H groups in total. The van der Waals surface area contributed by atoms with E-state index in [0.717, 1.165) is 29.7 Å². The molecule has 11 heteroatoms. The monoisotopic (exact) mass is 507 g/mol. The van der Waals surface area contributed by atoms with Gasteiger partial charge in [-0.2, -0.15) is 13.5 Å². The molecule has 1 aliphatic carbocycles. The van der Waals surface area contributed by atoms with Crippen molar-refractivity contribution in [3.05, 3.63) is 46.2 Å². The number of halogens is 1. The van der Waals surface area contributed by atoms with E-state index < -0.39 is 10.1 Å². The van der Waals surface area contributed by atoms with Gasteiger partial charge < -0.3 is 10.6 Å². The van der Waals surface area contributed by atoms with Gasteiger partial charge in [-0.25, -0.2) is 9.50 Å². The number of aryl methyl sites for hydroxylation is 1. The zero-order valence-electron chi connectivity index (χ0n) is 16.8. The van der Waals surface area contributed by atoms with Crippen LogP contribution in [0, 0.1) is 6.92 Å². The smallest absolute Gasteiger partial charge is 0.264 e. The quantitative estimate of drug-likeness (QED) is 0.316. The third kappa shape index (κ3) is 5.23. The topological polar surface area (TPSA) is 126 Å². The summed E-state index contributed by atoms with van der Waals surface area (Å²) in [6.45, 7) is 2.25. The van der Waals surface area contributed by atoms with Crippen LogP contribution in [-0.4, -0.2) is 51.8 Å². The van der Waals surface area contributed by atoms with Crippen LogP contribution in [0.1, 0.15) is 35.2 Å². The Morgan fingerprint density at radius 3 is 2.77 bits per heavy atom. The molecule has 2 aromatic heterocycles. The Balaban J connectivity index is 1.59. The zero-order valence-corrected chi connectivity index (χ0v) is 19.2. The van der Waals surface area contributed by atoms with Crippen LogP contribution in [0.15, 0.2) is 35.1 Å². The molecule has 1 amide bonds. The van der Waals surface area contributed by atoms with Crippen molar-refractivity contribution in [3.8, 4) is 11.3 Å². The first-order chi connectivity index (χ1) is 14.7. The lowest BCUT2D eigenvalue weighted by Crippen LogP contribution is -2.26. The number of carbonyl (C=O) groups is 1. The van der Waals surface area contributed by atoms with E-state index in [9.17, 15) is 13.2 Å². The van der Waals surface area contributed by atoms with Gasteiger partial charge in [0.15, 0.2) is 5.65 Å². The summed E-state index contributed by atoms with van der Waals surface area (Å²) in [5, 5.41) is 10.6. The molecular formula is C20H22BrN5O4S. The molecule has 0 radical (unpaired) electrons. The average Bonchev–Trinajstić information content (AvgIpc) is 3.40. The SMILES string of the molecule is Cc1cc(-c2cnc3c(NCCCS(=O)(=O)O)cc(Br)nn23)ccc1C(=O)NC1CC1. The summed E-state index contributed by atoms with van der Waals surface area (Å²) >= 11 is 3.40. The molecule has 0 bridgehead atoms. The molecule has 31 heavy (non-hydrogen) atoms. The number of nitrogens with one attached hydrogen (secondary N) is 2. The lowest BCUT2D eigenvalue weighted by Gasteiger charge is -2.10. The third-order valence-electron chi connectivity index (χ3n) is 5.01. The number of fused-ring (bicyclic) bond motifs is 1. The van der Waals surface area contributed by atoms with E-state index in [-0.39, 0.29) is 18.1 Å². The van der Waals surface area contributed by atoms with Crippen molar-refractivity contribution in [2.75, 3.05) is 17.6 Å². The Kier molecular flexibility index (Phi) is 6.00. The molecule has 1 fully saturated rings. The first kappa shape index (κ1) is 21.7. The van der Waals surface area contributed by atoms with Gasteiger partial charge in [0.05, 0.1) is 23.3 Å². The minimum absolute atomic E-state index is 0.0538. The highest BCUT2D eigenvalue weighted by atomic mass is 79.9. The number of benzene rings is 1. The maximum Gasteiger partial charge on any atom is 0.264 e. The molecule has 1 aromatic carbocycles. The first-order valence-electron chi connectivity index (χ1n) is 9.86. The number of hydrogen-bond donors (Lipinski definition) is 3. The Morgan fingerprint density at radius 2 is 2.10 bits per heavy atom. The summed E-state index contributed by atoms with van der Waals surface area (Å²) in [5.74, 6) is -0.371. The van der Waals surface area contributed by atoms with Crippen LogP contribution in [0.2, 0.25) is 0 Å². The van der Waals surface area contributed by atoms with Crippen LogP contribution in [0.3, 0.4) is 0 Å². The maximum atomic E-state index is 12.4. The molecule has 0 aliphatic heterocycles. The van der Waals surface area contributed by atoms with Crippen LogP contribution in [0.5, 0.6) is 0 Å². The minimum atomic E-state index is -3.99. The molecule has 0 unspecified atom stereocenters. The fourth-order valence-corrected chi connectivity index (χ4v) is 4.21.